The van der Waals surface area contributed by atoms with Gasteiger partial charge in [0.25, 0.3) is 0 Å². The van der Waals surface area contributed by atoms with Crippen LogP contribution in [0.4, 0.5) is 0 Å². The molecule has 1 heterocycles. The molecule has 1 N–H and O–H groups in total. The third-order valence-electron chi connectivity index (χ3n) is 2.41. The van der Waals surface area contributed by atoms with E-state index in [9.17, 15) is 0 Å². The van der Waals surface area contributed by atoms with Crippen LogP contribution in [0.15, 0.2) is 4.52 Å². The standard InChI is InChI=1S/C12H18N2O/c1-4-5-6-7-8-13-9-12-10(2)14-15-11(12)3/h1,13H,5-9H2,2-3H3. The quantitative estimate of drug-likeness (QED) is 0.572. The van der Waals surface area contributed by atoms with Crippen molar-refractivity contribution in [3.8, 4) is 12.3 Å². The van der Waals surface area contributed by atoms with Gasteiger partial charge in [0.05, 0.1) is 5.69 Å². The minimum absolute atomic E-state index is 0.831. The molecule has 3 nitrogen and oxygen atoms in total. The zero-order chi connectivity index (χ0) is 11.1. The Morgan fingerprint density at radius 3 is 2.80 bits per heavy atom. The van der Waals surface area contributed by atoms with Gasteiger partial charge in [-0.3, -0.25) is 0 Å². The summed E-state index contributed by atoms with van der Waals surface area (Å²) in [5.41, 5.74) is 2.15. The highest BCUT2D eigenvalue weighted by atomic mass is 16.5. The van der Waals surface area contributed by atoms with Crippen LogP contribution in [0, 0.1) is 26.2 Å². The Bertz CT molecular complexity index is 316. The average molecular weight is 206 g/mol. The van der Waals surface area contributed by atoms with E-state index in [0.29, 0.717) is 0 Å². The second kappa shape index (κ2) is 6.26. The summed E-state index contributed by atoms with van der Waals surface area (Å²) in [6.45, 7) is 5.73. The molecule has 0 saturated carbocycles. The summed E-state index contributed by atoms with van der Waals surface area (Å²) < 4.78 is 5.07. The molecule has 0 aliphatic rings. The summed E-state index contributed by atoms with van der Waals surface area (Å²) >= 11 is 0. The zero-order valence-corrected chi connectivity index (χ0v) is 9.47. The molecule has 15 heavy (non-hydrogen) atoms. The molecule has 1 aromatic heterocycles. The number of rotatable bonds is 6. The highest BCUT2D eigenvalue weighted by Crippen LogP contribution is 2.11. The summed E-state index contributed by atoms with van der Waals surface area (Å²) in [4.78, 5) is 0. The van der Waals surface area contributed by atoms with Gasteiger partial charge in [-0.05, 0) is 33.2 Å². The van der Waals surface area contributed by atoms with Gasteiger partial charge in [-0.15, -0.1) is 12.3 Å². The van der Waals surface area contributed by atoms with Crippen LogP contribution in [-0.2, 0) is 6.54 Å². The van der Waals surface area contributed by atoms with Crippen LogP contribution < -0.4 is 5.32 Å². The molecule has 0 bridgehead atoms. The Kier molecular flexibility index (Phi) is 4.92. The summed E-state index contributed by atoms with van der Waals surface area (Å²) in [7, 11) is 0. The summed E-state index contributed by atoms with van der Waals surface area (Å²) in [6.07, 6.45) is 8.24. The lowest BCUT2D eigenvalue weighted by Gasteiger charge is -2.02. The molecule has 3 heteroatoms. The number of hydrogen-bond acceptors (Lipinski definition) is 3. The third kappa shape index (κ3) is 3.77. The zero-order valence-electron chi connectivity index (χ0n) is 9.47. The number of nitrogens with zero attached hydrogens (tertiary/aromatic N) is 1. The van der Waals surface area contributed by atoms with Crippen LogP contribution in [-0.4, -0.2) is 11.7 Å². The highest BCUT2D eigenvalue weighted by molar-refractivity contribution is 5.20. The lowest BCUT2D eigenvalue weighted by molar-refractivity contribution is 0.392. The first-order chi connectivity index (χ1) is 7.25. The molecule has 0 amide bonds. The molecule has 0 atom stereocenters. The molecule has 82 valence electrons. The van der Waals surface area contributed by atoms with Gasteiger partial charge in [0.1, 0.15) is 5.76 Å². The van der Waals surface area contributed by atoms with Crippen LogP contribution in [0.5, 0.6) is 0 Å². The van der Waals surface area contributed by atoms with Gasteiger partial charge in [-0.1, -0.05) is 5.16 Å². The molecule has 0 fully saturated rings. The molecule has 0 aliphatic carbocycles. The van der Waals surface area contributed by atoms with Crippen molar-refractivity contribution in [3.05, 3.63) is 17.0 Å². The SMILES string of the molecule is C#CCCCCNCc1c(C)noc1C. The number of aryl methyl sites for hydroxylation is 2. The number of unbranched alkanes of at least 4 members (excludes halogenated alkanes) is 2. The average Bonchev–Trinajstić information content (AvgIpc) is 2.54. The third-order valence-corrected chi connectivity index (χ3v) is 2.41. The predicted molar refractivity (Wildman–Crippen MR) is 60.4 cm³/mol. The number of hydrogen-bond donors (Lipinski definition) is 1. The predicted octanol–water partition coefficient (Wildman–Crippen LogP) is 2.18. The van der Waals surface area contributed by atoms with E-state index in [1.807, 2.05) is 13.8 Å². The fraction of sp³-hybridized carbons (Fsp3) is 0.583. The maximum atomic E-state index is 5.17. The summed E-state index contributed by atoms with van der Waals surface area (Å²) in [5, 5.41) is 7.26. The van der Waals surface area contributed by atoms with Crippen molar-refractivity contribution in [3.63, 3.8) is 0 Å². The lowest BCUT2D eigenvalue weighted by atomic mass is 10.2. The molecule has 1 rings (SSSR count). The van der Waals surface area contributed by atoms with E-state index in [-0.39, 0.29) is 0 Å². The summed E-state index contributed by atoms with van der Waals surface area (Å²) in [5.74, 6) is 3.54. The van der Waals surface area contributed by atoms with E-state index in [1.165, 1.54) is 5.56 Å². The molecular weight excluding hydrogens is 188 g/mol. The number of nitrogens with one attached hydrogen (secondary N) is 1. The van der Waals surface area contributed by atoms with Crippen molar-refractivity contribution in [2.24, 2.45) is 0 Å². The van der Waals surface area contributed by atoms with Crippen molar-refractivity contribution >= 4 is 0 Å². The Balaban J connectivity index is 2.18. The van der Waals surface area contributed by atoms with Gasteiger partial charge in [-0.2, -0.15) is 0 Å². The minimum Gasteiger partial charge on any atom is -0.361 e. The van der Waals surface area contributed by atoms with E-state index >= 15 is 0 Å². The fourth-order valence-electron chi connectivity index (χ4n) is 1.44. The Hall–Kier alpha value is -1.27. The van der Waals surface area contributed by atoms with E-state index in [0.717, 1.165) is 43.8 Å². The normalized spacial score (nSPS) is 10.2. The smallest absolute Gasteiger partial charge is 0.138 e. The van der Waals surface area contributed by atoms with Gasteiger partial charge in [0, 0.05) is 18.5 Å². The Morgan fingerprint density at radius 2 is 2.20 bits per heavy atom. The van der Waals surface area contributed by atoms with E-state index in [2.05, 4.69) is 16.4 Å². The van der Waals surface area contributed by atoms with Crippen LogP contribution in [0.2, 0.25) is 0 Å². The molecule has 0 radical (unpaired) electrons. The largest absolute Gasteiger partial charge is 0.361 e. The maximum absolute atomic E-state index is 5.17. The van der Waals surface area contributed by atoms with Crippen molar-refractivity contribution in [2.75, 3.05) is 6.54 Å². The highest BCUT2D eigenvalue weighted by Gasteiger charge is 2.07. The fourth-order valence-corrected chi connectivity index (χ4v) is 1.44. The lowest BCUT2D eigenvalue weighted by Crippen LogP contribution is -2.15. The van der Waals surface area contributed by atoms with Gasteiger partial charge >= 0.3 is 0 Å². The first-order valence-electron chi connectivity index (χ1n) is 5.31. The van der Waals surface area contributed by atoms with Gasteiger partial charge in [0.15, 0.2) is 0 Å². The van der Waals surface area contributed by atoms with Gasteiger partial charge < -0.3 is 9.84 Å². The Labute approximate surface area is 91.2 Å². The van der Waals surface area contributed by atoms with Crippen LogP contribution in [0.3, 0.4) is 0 Å². The number of aromatic nitrogens is 1. The van der Waals surface area contributed by atoms with E-state index in [4.69, 9.17) is 10.9 Å². The number of terminal acetylenes is 1. The Morgan fingerprint density at radius 1 is 1.40 bits per heavy atom. The topological polar surface area (TPSA) is 38.1 Å². The molecule has 0 saturated heterocycles. The van der Waals surface area contributed by atoms with Crippen molar-refractivity contribution in [2.45, 2.75) is 39.7 Å². The van der Waals surface area contributed by atoms with Crippen LogP contribution >= 0.6 is 0 Å². The van der Waals surface area contributed by atoms with E-state index < -0.39 is 0 Å². The second-order valence-corrected chi connectivity index (χ2v) is 3.64. The molecule has 1 aromatic rings. The van der Waals surface area contributed by atoms with Gasteiger partial charge in [-0.25, -0.2) is 0 Å². The van der Waals surface area contributed by atoms with Crippen LogP contribution in [0.1, 0.15) is 36.3 Å². The van der Waals surface area contributed by atoms with Crippen molar-refractivity contribution < 1.29 is 4.52 Å². The van der Waals surface area contributed by atoms with Crippen molar-refractivity contribution in [1.82, 2.24) is 10.5 Å². The van der Waals surface area contributed by atoms with Crippen molar-refractivity contribution in [1.29, 1.82) is 0 Å². The monoisotopic (exact) mass is 206 g/mol. The first kappa shape index (κ1) is 11.8. The molecule has 0 aliphatic heterocycles. The molecule has 0 aromatic carbocycles. The second-order valence-electron chi connectivity index (χ2n) is 3.64. The molecule has 0 spiro atoms. The molecule has 0 unspecified atom stereocenters. The maximum Gasteiger partial charge on any atom is 0.138 e. The van der Waals surface area contributed by atoms with Gasteiger partial charge in [0.2, 0.25) is 0 Å². The van der Waals surface area contributed by atoms with Crippen LogP contribution in [0.25, 0.3) is 0 Å². The molecular formula is C12H18N2O. The van der Waals surface area contributed by atoms with E-state index in [1.54, 1.807) is 0 Å². The minimum atomic E-state index is 0.831. The summed E-state index contributed by atoms with van der Waals surface area (Å²) in [6, 6.07) is 0. The first-order valence-corrected chi connectivity index (χ1v) is 5.31.